The van der Waals surface area contributed by atoms with Gasteiger partial charge in [0.15, 0.2) is 0 Å². The van der Waals surface area contributed by atoms with Crippen LogP contribution in [0, 0.1) is 0 Å². The summed E-state index contributed by atoms with van der Waals surface area (Å²) < 4.78 is 1.27. The van der Waals surface area contributed by atoms with Crippen molar-refractivity contribution in [2.45, 2.75) is 26.4 Å². The smallest absolute Gasteiger partial charge is 0.0809 e. The lowest BCUT2D eigenvalue weighted by Crippen LogP contribution is -2.21. The van der Waals surface area contributed by atoms with Gasteiger partial charge in [0.05, 0.1) is 10.2 Å². The first-order valence-electron chi connectivity index (χ1n) is 4.81. The first-order chi connectivity index (χ1) is 6.75. The molecule has 2 aromatic rings. The lowest BCUT2D eigenvalue weighted by atomic mass is 10.2. The highest BCUT2D eigenvalue weighted by molar-refractivity contribution is 7.17. The number of fused-ring (bicyclic) bond motifs is 1. The molecular formula is C11H14N2S. The molecule has 0 fully saturated rings. The Morgan fingerprint density at radius 1 is 1.50 bits per heavy atom. The molecule has 1 N–H and O–H groups in total. The molecule has 0 aliphatic carbocycles. The molecule has 0 aliphatic rings. The van der Waals surface area contributed by atoms with E-state index in [9.17, 15) is 0 Å². The molecule has 0 amide bonds. The van der Waals surface area contributed by atoms with Crippen molar-refractivity contribution in [2.75, 3.05) is 0 Å². The molecule has 0 spiro atoms. The number of nitrogens with one attached hydrogen (secondary N) is 1. The Morgan fingerprint density at radius 2 is 2.36 bits per heavy atom. The van der Waals surface area contributed by atoms with Gasteiger partial charge in [-0.15, -0.1) is 11.3 Å². The summed E-state index contributed by atoms with van der Waals surface area (Å²) >= 11 is 1.75. The fourth-order valence-electron chi connectivity index (χ4n) is 1.31. The van der Waals surface area contributed by atoms with E-state index in [2.05, 4.69) is 41.7 Å². The molecule has 2 nitrogen and oxygen atoms in total. The quantitative estimate of drug-likeness (QED) is 0.835. The van der Waals surface area contributed by atoms with Crippen LogP contribution in [0.1, 0.15) is 19.4 Å². The zero-order chi connectivity index (χ0) is 9.97. The normalized spacial score (nSPS) is 11.4. The number of hydrogen-bond acceptors (Lipinski definition) is 3. The van der Waals surface area contributed by atoms with Crippen molar-refractivity contribution in [3.05, 3.63) is 29.3 Å². The summed E-state index contributed by atoms with van der Waals surface area (Å²) in [6.07, 6.45) is 1.95. The van der Waals surface area contributed by atoms with Gasteiger partial charge in [0.2, 0.25) is 0 Å². The second-order valence-corrected chi connectivity index (χ2v) is 4.63. The van der Waals surface area contributed by atoms with Gasteiger partial charge in [-0.1, -0.05) is 13.8 Å². The van der Waals surface area contributed by atoms with Crippen molar-refractivity contribution in [2.24, 2.45) is 0 Å². The van der Waals surface area contributed by atoms with Crippen molar-refractivity contribution in [1.82, 2.24) is 10.3 Å². The van der Waals surface area contributed by atoms with Gasteiger partial charge in [-0.05, 0) is 23.1 Å². The molecule has 0 aromatic carbocycles. The third-order valence-electron chi connectivity index (χ3n) is 2.07. The highest BCUT2D eigenvalue weighted by Crippen LogP contribution is 2.19. The molecule has 0 saturated carbocycles. The Hall–Kier alpha value is -0.930. The SMILES string of the molecule is CC(C)NCc1cnc2ccsc2c1. The number of pyridine rings is 1. The molecule has 0 saturated heterocycles. The molecule has 0 radical (unpaired) electrons. The largest absolute Gasteiger partial charge is 0.310 e. The maximum absolute atomic E-state index is 4.39. The molecule has 14 heavy (non-hydrogen) atoms. The topological polar surface area (TPSA) is 24.9 Å². The van der Waals surface area contributed by atoms with Crippen molar-refractivity contribution < 1.29 is 0 Å². The zero-order valence-corrected chi connectivity index (χ0v) is 9.27. The van der Waals surface area contributed by atoms with Crippen molar-refractivity contribution in [3.63, 3.8) is 0 Å². The van der Waals surface area contributed by atoms with E-state index >= 15 is 0 Å². The number of aromatic nitrogens is 1. The molecule has 2 heterocycles. The van der Waals surface area contributed by atoms with Crippen LogP contribution in [0.4, 0.5) is 0 Å². The van der Waals surface area contributed by atoms with Gasteiger partial charge in [0.1, 0.15) is 0 Å². The van der Waals surface area contributed by atoms with Gasteiger partial charge < -0.3 is 5.32 Å². The third kappa shape index (κ3) is 2.11. The predicted molar refractivity (Wildman–Crippen MR) is 61.6 cm³/mol. The van der Waals surface area contributed by atoms with Crippen LogP contribution in [-0.4, -0.2) is 11.0 Å². The van der Waals surface area contributed by atoms with Crippen LogP contribution in [0.5, 0.6) is 0 Å². The molecule has 74 valence electrons. The maximum Gasteiger partial charge on any atom is 0.0809 e. The monoisotopic (exact) mass is 206 g/mol. The van der Waals surface area contributed by atoms with Crippen LogP contribution in [0.2, 0.25) is 0 Å². The Balaban J connectivity index is 2.17. The standard InChI is InChI=1S/C11H14N2S/c1-8(2)12-6-9-5-11-10(13-7-9)3-4-14-11/h3-5,7-8,12H,6H2,1-2H3. The molecule has 2 aromatic heterocycles. The van der Waals surface area contributed by atoms with Crippen LogP contribution in [0.3, 0.4) is 0 Å². The molecule has 0 bridgehead atoms. The second-order valence-electron chi connectivity index (χ2n) is 3.68. The van der Waals surface area contributed by atoms with Crippen LogP contribution >= 0.6 is 11.3 Å². The van der Waals surface area contributed by atoms with E-state index in [1.807, 2.05) is 6.20 Å². The first kappa shape index (κ1) is 9.62. The van der Waals surface area contributed by atoms with E-state index in [0.29, 0.717) is 6.04 Å². The molecule has 3 heteroatoms. The van der Waals surface area contributed by atoms with Crippen molar-refractivity contribution >= 4 is 21.6 Å². The Labute approximate surface area is 88.0 Å². The van der Waals surface area contributed by atoms with Crippen molar-refractivity contribution in [1.29, 1.82) is 0 Å². The molecule has 0 aliphatic heterocycles. The first-order valence-corrected chi connectivity index (χ1v) is 5.69. The van der Waals surface area contributed by atoms with Crippen LogP contribution < -0.4 is 5.32 Å². The number of rotatable bonds is 3. The van der Waals surface area contributed by atoms with Gasteiger partial charge in [-0.25, -0.2) is 0 Å². The Bertz CT molecular complexity index is 420. The average molecular weight is 206 g/mol. The Morgan fingerprint density at radius 3 is 3.14 bits per heavy atom. The number of thiophene rings is 1. The van der Waals surface area contributed by atoms with Gasteiger partial charge in [-0.2, -0.15) is 0 Å². The van der Waals surface area contributed by atoms with Crippen molar-refractivity contribution in [3.8, 4) is 0 Å². The third-order valence-corrected chi connectivity index (χ3v) is 2.93. The van der Waals surface area contributed by atoms with Gasteiger partial charge in [-0.3, -0.25) is 4.98 Å². The maximum atomic E-state index is 4.39. The number of hydrogen-bond donors (Lipinski definition) is 1. The van der Waals surface area contributed by atoms with E-state index in [-0.39, 0.29) is 0 Å². The predicted octanol–water partition coefficient (Wildman–Crippen LogP) is 2.79. The summed E-state index contributed by atoms with van der Waals surface area (Å²) in [5.41, 5.74) is 2.36. The van der Waals surface area contributed by atoms with E-state index in [0.717, 1.165) is 12.1 Å². The van der Waals surface area contributed by atoms with Crippen LogP contribution in [0.15, 0.2) is 23.7 Å². The Kier molecular flexibility index (Phi) is 2.79. The van der Waals surface area contributed by atoms with Crippen LogP contribution in [0.25, 0.3) is 10.2 Å². The van der Waals surface area contributed by atoms with Gasteiger partial charge in [0, 0.05) is 18.8 Å². The van der Waals surface area contributed by atoms with Gasteiger partial charge in [0.25, 0.3) is 0 Å². The van der Waals surface area contributed by atoms with E-state index in [1.165, 1.54) is 10.3 Å². The summed E-state index contributed by atoms with van der Waals surface area (Å²) in [6, 6.07) is 4.79. The minimum atomic E-state index is 0.522. The molecule has 0 atom stereocenters. The summed E-state index contributed by atoms with van der Waals surface area (Å²) in [5, 5.41) is 5.46. The minimum absolute atomic E-state index is 0.522. The second kappa shape index (κ2) is 4.07. The van der Waals surface area contributed by atoms with Crippen LogP contribution in [-0.2, 0) is 6.54 Å². The van der Waals surface area contributed by atoms with E-state index < -0.39 is 0 Å². The van der Waals surface area contributed by atoms with Gasteiger partial charge >= 0.3 is 0 Å². The zero-order valence-electron chi connectivity index (χ0n) is 8.45. The minimum Gasteiger partial charge on any atom is -0.310 e. The summed E-state index contributed by atoms with van der Waals surface area (Å²) in [6.45, 7) is 5.20. The molecule has 0 unspecified atom stereocenters. The highest BCUT2D eigenvalue weighted by Gasteiger charge is 1.99. The lowest BCUT2D eigenvalue weighted by Gasteiger charge is -2.07. The summed E-state index contributed by atoms with van der Waals surface area (Å²) in [5.74, 6) is 0. The fourth-order valence-corrected chi connectivity index (χ4v) is 2.11. The number of nitrogens with zero attached hydrogens (tertiary/aromatic N) is 1. The molecular weight excluding hydrogens is 192 g/mol. The summed E-state index contributed by atoms with van der Waals surface area (Å²) in [7, 11) is 0. The highest BCUT2D eigenvalue weighted by atomic mass is 32.1. The van der Waals surface area contributed by atoms with E-state index in [1.54, 1.807) is 11.3 Å². The fraction of sp³-hybridized carbons (Fsp3) is 0.364. The average Bonchev–Trinajstić information content (AvgIpc) is 2.61. The lowest BCUT2D eigenvalue weighted by molar-refractivity contribution is 0.588. The summed E-state index contributed by atoms with van der Waals surface area (Å²) in [4.78, 5) is 4.39. The van der Waals surface area contributed by atoms with E-state index in [4.69, 9.17) is 0 Å². The molecule has 2 rings (SSSR count).